The van der Waals surface area contributed by atoms with Crippen LogP contribution >= 0.6 is 0 Å². The molecule has 116 valence electrons. The minimum Gasteiger partial charge on any atom is -0.385 e. The molecule has 1 heterocycles. The Labute approximate surface area is 126 Å². The molecule has 0 radical (unpaired) electrons. The molecule has 1 aromatic carbocycles. The van der Waals surface area contributed by atoms with Crippen LogP contribution in [0.2, 0.25) is 0 Å². The predicted octanol–water partition coefficient (Wildman–Crippen LogP) is 1.85. The molecule has 1 fully saturated rings. The summed E-state index contributed by atoms with van der Waals surface area (Å²) >= 11 is 0. The van der Waals surface area contributed by atoms with Gasteiger partial charge in [0.15, 0.2) is 0 Å². The molecule has 5 heteroatoms. The molecule has 21 heavy (non-hydrogen) atoms. The molecule has 0 aliphatic carbocycles. The second-order valence-corrected chi connectivity index (χ2v) is 5.31. The van der Waals surface area contributed by atoms with Gasteiger partial charge in [-0.25, -0.2) is 0 Å². The van der Waals surface area contributed by atoms with Crippen molar-refractivity contribution >= 4 is 17.3 Å². The predicted molar refractivity (Wildman–Crippen MR) is 85.9 cm³/mol. The number of nitrogens with one attached hydrogen (secondary N) is 2. The summed E-state index contributed by atoms with van der Waals surface area (Å²) in [6, 6.07) is 8.09. The van der Waals surface area contributed by atoms with E-state index in [1.807, 2.05) is 12.1 Å². The lowest BCUT2D eigenvalue weighted by Crippen LogP contribution is -2.29. The first-order valence-corrected chi connectivity index (χ1v) is 7.64. The minimum absolute atomic E-state index is 0.0126. The average Bonchev–Trinajstić information content (AvgIpc) is 3.02. The normalized spacial score (nSPS) is 14.4. The summed E-state index contributed by atoms with van der Waals surface area (Å²) < 4.78 is 4.95. The highest BCUT2D eigenvalue weighted by Gasteiger charge is 2.11. The van der Waals surface area contributed by atoms with Crippen LogP contribution in [0, 0.1) is 0 Å². The molecule has 0 atom stereocenters. The maximum atomic E-state index is 11.8. The largest absolute Gasteiger partial charge is 0.385 e. The molecule has 1 aliphatic rings. The maximum absolute atomic E-state index is 11.8. The summed E-state index contributed by atoms with van der Waals surface area (Å²) in [6.45, 7) is 4.10. The number of benzene rings is 1. The van der Waals surface area contributed by atoms with E-state index >= 15 is 0 Å². The monoisotopic (exact) mass is 291 g/mol. The number of ether oxygens (including phenoxy) is 1. The van der Waals surface area contributed by atoms with Gasteiger partial charge in [0, 0.05) is 38.2 Å². The second kappa shape index (κ2) is 8.64. The summed E-state index contributed by atoms with van der Waals surface area (Å²) in [5, 5.41) is 6.00. The number of anilines is 2. The van der Waals surface area contributed by atoms with Crippen molar-refractivity contribution in [2.75, 3.05) is 50.1 Å². The first-order chi connectivity index (χ1) is 10.3. The third-order valence-corrected chi connectivity index (χ3v) is 3.61. The van der Waals surface area contributed by atoms with E-state index in [4.69, 9.17) is 4.74 Å². The van der Waals surface area contributed by atoms with Crippen LogP contribution in [-0.4, -0.2) is 45.8 Å². The smallest absolute Gasteiger partial charge is 0.238 e. The zero-order valence-corrected chi connectivity index (χ0v) is 12.7. The van der Waals surface area contributed by atoms with Gasteiger partial charge < -0.3 is 20.3 Å². The van der Waals surface area contributed by atoms with Gasteiger partial charge >= 0.3 is 0 Å². The summed E-state index contributed by atoms with van der Waals surface area (Å²) in [5.41, 5.74) is 2.09. The standard InChI is InChI=1S/C16H25N3O2/c1-21-12-4-9-17-13-16(20)18-14-5-7-15(8-6-14)19-10-2-3-11-19/h5-8,17H,2-4,9-13H2,1H3,(H,18,20). The number of methoxy groups -OCH3 is 1. The molecule has 1 aromatic rings. The van der Waals surface area contributed by atoms with Gasteiger partial charge in [0.2, 0.25) is 5.91 Å². The van der Waals surface area contributed by atoms with Gasteiger partial charge in [-0.2, -0.15) is 0 Å². The first-order valence-electron chi connectivity index (χ1n) is 7.64. The minimum atomic E-state index is -0.0126. The van der Waals surface area contributed by atoms with E-state index in [1.165, 1.54) is 18.5 Å². The number of carbonyl (C=O) groups is 1. The lowest BCUT2D eigenvalue weighted by Gasteiger charge is -2.17. The Morgan fingerprint density at radius 3 is 2.62 bits per heavy atom. The Hall–Kier alpha value is -1.59. The fourth-order valence-electron chi connectivity index (χ4n) is 2.48. The molecule has 0 saturated carbocycles. The number of amides is 1. The van der Waals surface area contributed by atoms with Crippen LogP contribution in [0.15, 0.2) is 24.3 Å². The van der Waals surface area contributed by atoms with Gasteiger partial charge in [0.25, 0.3) is 0 Å². The van der Waals surface area contributed by atoms with Gasteiger partial charge in [-0.05, 0) is 50.1 Å². The van der Waals surface area contributed by atoms with Crippen LogP contribution in [0.3, 0.4) is 0 Å². The van der Waals surface area contributed by atoms with Gasteiger partial charge in [0.1, 0.15) is 0 Å². The van der Waals surface area contributed by atoms with E-state index in [9.17, 15) is 4.79 Å². The van der Waals surface area contributed by atoms with Crippen molar-refractivity contribution in [2.24, 2.45) is 0 Å². The van der Waals surface area contributed by atoms with Crippen LogP contribution in [0.1, 0.15) is 19.3 Å². The fraction of sp³-hybridized carbons (Fsp3) is 0.562. The van der Waals surface area contributed by atoms with Gasteiger partial charge in [-0.15, -0.1) is 0 Å². The Morgan fingerprint density at radius 1 is 1.24 bits per heavy atom. The van der Waals surface area contributed by atoms with Gasteiger partial charge in [-0.1, -0.05) is 0 Å². The fourth-order valence-corrected chi connectivity index (χ4v) is 2.48. The van der Waals surface area contributed by atoms with Crippen molar-refractivity contribution in [2.45, 2.75) is 19.3 Å². The van der Waals surface area contributed by atoms with Crippen molar-refractivity contribution in [1.29, 1.82) is 0 Å². The van der Waals surface area contributed by atoms with E-state index in [1.54, 1.807) is 7.11 Å². The topological polar surface area (TPSA) is 53.6 Å². The maximum Gasteiger partial charge on any atom is 0.238 e. The molecular formula is C16H25N3O2. The Kier molecular flexibility index (Phi) is 6.50. The van der Waals surface area contributed by atoms with Crippen LogP contribution < -0.4 is 15.5 Å². The van der Waals surface area contributed by atoms with Crippen LogP contribution in [0.4, 0.5) is 11.4 Å². The lowest BCUT2D eigenvalue weighted by molar-refractivity contribution is -0.115. The van der Waals surface area contributed by atoms with Crippen molar-refractivity contribution in [3.63, 3.8) is 0 Å². The van der Waals surface area contributed by atoms with Gasteiger partial charge in [-0.3, -0.25) is 4.79 Å². The van der Waals surface area contributed by atoms with Gasteiger partial charge in [0.05, 0.1) is 6.54 Å². The summed E-state index contributed by atoms with van der Waals surface area (Å²) in [7, 11) is 1.68. The molecule has 2 rings (SSSR count). The second-order valence-electron chi connectivity index (χ2n) is 5.31. The molecule has 1 amide bonds. The number of rotatable bonds is 8. The third kappa shape index (κ3) is 5.36. The Bertz CT molecular complexity index is 428. The number of hydrogen-bond acceptors (Lipinski definition) is 4. The zero-order valence-electron chi connectivity index (χ0n) is 12.7. The number of nitrogens with zero attached hydrogens (tertiary/aromatic N) is 1. The van der Waals surface area contributed by atoms with E-state index < -0.39 is 0 Å². The highest BCUT2D eigenvalue weighted by Crippen LogP contribution is 2.21. The molecular weight excluding hydrogens is 266 g/mol. The molecule has 5 nitrogen and oxygen atoms in total. The summed E-state index contributed by atoms with van der Waals surface area (Å²) in [5.74, 6) is -0.0126. The number of hydrogen-bond donors (Lipinski definition) is 2. The van der Waals surface area contributed by atoms with Crippen molar-refractivity contribution in [1.82, 2.24) is 5.32 Å². The van der Waals surface area contributed by atoms with Crippen LogP contribution in [0.5, 0.6) is 0 Å². The van der Waals surface area contributed by atoms with E-state index in [2.05, 4.69) is 27.7 Å². The van der Waals surface area contributed by atoms with E-state index in [0.29, 0.717) is 13.2 Å². The highest BCUT2D eigenvalue weighted by molar-refractivity contribution is 5.92. The molecule has 0 aromatic heterocycles. The van der Waals surface area contributed by atoms with E-state index in [0.717, 1.165) is 31.7 Å². The molecule has 0 unspecified atom stereocenters. The lowest BCUT2D eigenvalue weighted by atomic mass is 10.2. The van der Waals surface area contributed by atoms with Crippen molar-refractivity contribution < 1.29 is 9.53 Å². The molecule has 0 spiro atoms. The number of carbonyl (C=O) groups excluding carboxylic acids is 1. The highest BCUT2D eigenvalue weighted by atomic mass is 16.5. The quantitative estimate of drug-likeness (QED) is 0.718. The Balaban J connectivity index is 1.71. The van der Waals surface area contributed by atoms with E-state index in [-0.39, 0.29) is 5.91 Å². The van der Waals surface area contributed by atoms with Crippen LogP contribution in [-0.2, 0) is 9.53 Å². The first kappa shape index (κ1) is 15.8. The zero-order chi connectivity index (χ0) is 14.9. The Morgan fingerprint density at radius 2 is 1.95 bits per heavy atom. The SMILES string of the molecule is COCCCNCC(=O)Nc1ccc(N2CCCC2)cc1. The summed E-state index contributed by atoms with van der Waals surface area (Å²) in [6.07, 6.45) is 3.45. The molecule has 0 bridgehead atoms. The van der Waals surface area contributed by atoms with Crippen molar-refractivity contribution in [3.05, 3.63) is 24.3 Å². The molecule has 1 saturated heterocycles. The molecule has 2 N–H and O–H groups in total. The summed E-state index contributed by atoms with van der Waals surface area (Å²) in [4.78, 5) is 14.1. The van der Waals surface area contributed by atoms with Crippen LogP contribution in [0.25, 0.3) is 0 Å². The third-order valence-electron chi connectivity index (χ3n) is 3.61. The molecule has 1 aliphatic heterocycles. The average molecular weight is 291 g/mol. The van der Waals surface area contributed by atoms with Crippen molar-refractivity contribution in [3.8, 4) is 0 Å².